The van der Waals surface area contributed by atoms with Crippen LogP contribution in [0.1, 0.15) is 43.1 Å². The fraction of sp³-hybridized carbons (Fsp3) is 0.308. The summed E-state index contributed by atoms with van der Waals surface area (Å²) >= 11 is 0. The topological polar surface area (TPSA) is 54.5 Å². The summed E-state index contributed by atoms with van der Waals surface area (Å²) in [6.45, 7) is 3.37. The summed E-state index contributed by atoms with van der Waals surface area (Å²) in [5, 5.41) is 3.17. The number of carbonyl (C=O) groups excluding carboxylic acids is 1. The highest BCUT2D eigenvalue weighted by Gasteiger charge is 2.43. The number of anilines is 1. The third-order valence-electron chi connectivity index (χ3n) is 6.22. The van der Waals surface area contributed by atoms with Crippen molar-refractivity contribution in [3.8, 4) is 5.75 Å². The van der Waals surface area contributed by atoms with E-state index in [0.29, 0.717) is 11.1 Å². The lowest BCUT2D eigenvalue weighted by Gasteiger charge is -2.30. The predicted molar refractivity (Wildman–Crippen MR) is 124 cm³/mol. The van der Waals surface area contributed by atoms with Crippen LogP contribution in [-0.4, -0.2) is 23.3 Å². The molecule has 0 saturated carbocycles. The van der Waals surface area contributed by atoms with Gasteiger partial charge in [0.25, 0.3) is 0 Å². The lowest BCUT2D eigenvalue weighted by molar-refractivity contribution is -0.274. The SMILES string of the molecule is CC(C)(N[C@H]1C[C@@H](c2ccc(F)cc2)N(c2ccc(OC(F)(F)F)cc2)C1=O)c1ccc(C(F)(F)F)nc1. The minimum Gasteiger partial charge on any atom is -0.406 e. The van der Waals surface area contributed by atoms with Crippen LogP contribution in [-0.2, 0) is 16.5 Å². The summed E-state index contributed by atoms with van der Waals surface area (Å²) < 4.78 is 93.9. The first-order chi connectivity index (χ1) is 17.6. The molecule has 3 aromatic rings. The van der Waals surface area contributed by atoms with Gasteiger partial charge in [-0.3, -0.25) is 15.1 Å². The van der Waals surface area contributed by atoms with Gasteiger partial charge < -0.3 is 9.64 Å². The van der Waals surface area contributed by atoms with Gasteiger partial charge in [-0.05, 0) is 73.9 Å². The lowest BCUT2D eigenvalue weighted by Crippen LogP contribution is -2.47. The average Bonchev–Trinajstić information content (AvgIpc) is 3.14. The Bertz CT molecular complexity index is 1270. The molecule has 1 aliphatic heterocycles. The Balaban J connectivity index is 1.62. The van der Waals surface area contributed by atoms with E-state index in [2.05, 4.69) is 15.0 Å². The molecule has 1 amide bonds. The molecule has 1 N–H and O–H groups in total. The van der Waals surface area contributed by atoms with Crippen molar-refractivity contribution >= 4 is 11.6 Å². The van der Waals surface area contributed by atoms with Gasteiger partial charge in [-0.15, -0.1) is 13.2 Å². The third kappa shape index (κ3) is 6.07. The molecule has 38 heavy (non-hydrogen) atoms. The van der Waals surface area contributed by atoms with Crippen molar-refractivity contribution in [3.05, 3.63) is 89.5 Å². The van der Waals surface area contributed by atoms with Crippen molar-refractivity contribution in [2.24, 2.45) is 0 Å². The van der Waals surface area contributed by atoms with E-state index < -0.39 is 53.3 Å². The number of alkyl halides is 6. The minimum absolute atomic E-state index is 0.197. The molecule has 2 heterocycles. The molecule has 0 unspecified atom stereocenters. The van der Waals surface area contributed by atoms with Crippen LogP contribution in [0.2, 0.25) is 0 Å². The Kier molecular flexibility index (Phi) is 7.13. The van der Waals surface area contributed by atoms with E-state index in [9.17, 15) is 35.5 Å². The van der Waals surface area contributed by atoms with Crippen LogP contribution in [0.25, 0.3) is 0 Å². The van der Waals surface area contributed by atoms with E-state index in [4.69, 9.17) is 0 Å². The van der Waals surface area contributed by atoms with Gasteiger partial charge in [0.2, 0.25) is 5.91 Å². The second kappa shape index (κ2) is 9.90. The first-order valence-corrected chi connectivity index (χ1v) is 11.4. The molecule has 0 radical (unpaired) electrons. The van der Waals surface area contributed by atoms with Crippen molar-refractivity contribution in [1.82, 2.24) is 10.3 Å². The first kappa shape index (κ1) is 27.4. The average molecular weight is 541 g/mol. The van der Waals surface area contributed by atoms with E-state index >= 15 is 0 Å². The molecular formula is C26H22F7N3O2. The molecule has 12 heteroatoms. The number of hydrogen-bond acceptors (Lipinski definition) is 4. The van der Waals surface area contributed by atoms with E-state index in [1.807, 2.05) is 0 Å². The Morgan fingerprint density at radius 3 is 2.08 bits per heavy atom. The predicted octanol–water partition coefficient (Wildman–Crippen LogP) is 6.51. The number of halogens is 7. The van der Waals surface area contributed by atoms with Gasteiger partial charge in [0.05, 0.1) is 12.1 Å². The van der Waals surface area contributed by atoms with Crippen molar-refractivity contribution in [3.63, 3.8) is 0 Å². The van der Waals surface area contributed by atoms with Crippen molar-refractivity contribution < 1.29 is 40.3 Å². The van der Waals surface area contributed by atoms with Gasteiger partial charge in [-0.25, -0.2) is 4.39 Å². The number of hydrogen-bond donors (Lipinski definition) is 1. The quantitative estimate of drug-likeness (QED) is 0.362. The highest BCUT2D eigenvalue weighted by molar-refractivity contribution is 6.00. The van der Waals surface area contributed by atoms with E-state index in [0.717, 1.165) is 24.4 Å². The minimum atomic E-state index is -4.88. The Hall–Kier alpha value is -3.67. The van der Waals surface area contributed by atoms with Crippen LogP contribution in [0.5, 0.6) is 5.75 Å². The maximum absolute atomic E-state index is 13.6. The zero-order valence-electron chi connectivity index (χ0n) is 20.1. The molecule has 202 valence electrons. The summed E-state index contributed by atoms with van der Waals surface area (Å²) in [6.07, 6.45) is -8.19. The van der Waals surface area contributed by atoms with E-state index in [1.165, 1.54) is 47.4 Å². The normalized spacial score (nSPS) is 18.7. The van der Waals surface area contributed by atoms with Gasteiger partial charge in [-0.1, -0.05) is 18.2 Å². The summed E-state index contributed by atoms with van der Waals surface area (Å²) in [4.78, 5) is 18.5. The molecule has 1 saturated heterocycles. The second-order valence-electron chi connectivity index (χ2n) is 9.30. The first-order valence-electron chi connectivity index (χ1n) is 11.4. The van der Waals surface area contributed by atoms with Gasteiger partial charge in [0.15, 0.2) is 0 Å². The summed E-state index contributed by atoms with van der Waals surface area (Å²) in [7, 11) is 0. The number of rotatable bonds is 6. The van der Waals surface area contributed by atoms with Gasteiger partial charge >= 0.3 is 12.5 Å². The van der Waals surface area contributed by atoms with Crippen LogP contribution >= 0.6 is 0 Å². The molecule has 1 fully saturated rings. The Morgan fingerprint density at radius 1 is 0.921 bits per heavy atom. The largest absolute Gasteiger partial charge is 0.573 e. The molecule has 0 spiro atoms. The maximum atomic E-state index is 13.6. The number of nitrogens with one attached hydrogen (secondary N) is 1. The molecule has 5 nitrogen and oxygen atoms in total. The highest BCUT2D eigenvalue weighted by atomic mass is 19.4. The van der Waals surface area contributed by atoms with Crippen LogP contribution < -0.4 is 15.0 Å². The number of aromatic nitrogens is 1. The Morgan fingerprint density at radius 2 is 1.55 bits per heavy atom. The number of ether oxygens (including phenoxy) is 1. The number of amides is 1. The van der Waals surface area contributed by atoms with Gasteiger partial charge in [0, 0.05) is 17.4 Å². The summed E-state index contributed by atoms with van der Waals surface area (Å²) in [5.74, 6) is -1.36. The van der Waals surface area contributed by atoms with Crippen LogP contribution in [0.4, 0.5) is 36.4 Å². The molecule has 1 aromatic heterocycles. The van der Waals surface area contributed by atoms with Crippen LogP contribution in [0.3, 0.4) is 0 Å². The second-order valence-corrected chi connectivity index (χ2v) is 9.30. The smallest absolute Gasteiger partial charge is 0.406 e. The zero-order chi connectivity index (χ0) is 27.9. The van der Waals surface area contributed by atoms with Crippen molar-refractivity contribution in [2.75, 3.05) is 4.90 Å². The molecule has 0 aliphatic carbocycles. The monoisotopic (exact) mass is 541 g/mol. The fourth-order valence-electron chi connectivity index (χ4n) is 4.41. The van der Waals surface area contributed by atoms with E-state index in [-0.39, 0.29) is 12.1 Å². The summed E-state index contributed by atoms with van der Waals surface area (Å²) in [5.41, 5.74) is -0.741. The van der Waals surface area contributed by atoms with Gasteiger partial charge in [0.1, 0.15) is 17.3 Å². The van der Waals surface area contributed by atoms with Crippen LogP contribution in [0, 0.1) is 5.82 Å². The standard InChI is InChI=1S/C26H22F7N3O2/c1-24(2,16-5-12-22(34-14-16)25(28,29)30)35-20-13-21(15-3-6-17(27)7-4-15)36(23(20)37)18-8-10-19(11-9-18)38-26(31,32)33/h3-12,14,20-21,35H,13H2,1-2H3/t20-,21-/m0/s1. The third-order valence-corrected chi connectivity index (χ3v) is 6.22. The molecular weight excluding hydrogens is 519 g/mol. The van der Waals surface area contributed by atoms with E-state index in [1.54, 1.807) is 13.8 Å². The lowest BCUT2D eigenvalue weighted by atomic mass is 9.93. The number of nitrogens with zero attached hydrogens (tertiary/aromatic N) is 2. The summed E-state index contributed by atoms with van der Waals surface area (Å²) in [6, 6.07) is 11.0. The van der Waals surface area contributed by atoms with Crippen molar-refractivity contribution in [1.29, 1.82) is 0 Å². The molecule has 2 aromatic carbocycles. The number of pyridine rings is 1. The zero-order valence-corrected chi connectivity index (χ0v) is 20.1. The molecule has 2 atom stereocenters. The molecule has 4 rings (SSSR count). The Labute approximate surface area is 213 Å². The van der Waals surface area contributed by atoms with Gasteiger partial charge in [-0.2, -0.15) is 13.2 Å². The molecule has 1 aliphatic rings. The molecule has 0 bridgehead atoms. The number of carbonyl (C=O) groups is 1. The number of benzene rings is 2. The fourth-order valence-corrected chi connectivity index (χ4v) is 4.41. The van der Waals surface area contributed by atoms with Crippen molar-refractivity contribution in [2.45, 2.75) is 50.4 Å². The highest BCUT2D eigenvalue weighted by Crippen LogP contribution is 2.39. The van der Waals surface area contributed by atoms with Crippen LogP contribution in [0.15, 0.2) is 66.9 Å². The maximum Gasteiger partial charge on any atom is 0.573 e.